The molecule has 1 N–H and O–H groups in total. The molecule has 13 heavy (non-hydrogen) atoms. The summed E-state index contributed by atoms with van der Waals surface area (Å²) >= 11 is 0. The van der Waals surface area contributed by atoms with Gasteiger partial charge in [-0.2, -0.15) is 0 Å². The molecule has 1 amide bonds. The number of rotatable bonds is 1. The lowest BCUT2D eigenvalue weighted by molar-refractivity contribution is 0.187. The minimum absolute atomic E-state index is 0.436. The number of nitrogens with one attached hydrogen (secondary N) is 1. The third-order valence-electron chi connectivity index (χ3n) is 1.82. The summed E-state index contributed by atoms with van der Waals surface area (Å²) in [4.78, 5) is 10.9. The lowest BCUT2D eigenvalue weighted by Crippen LogP contribution is -2.11. The number of methoxy groups -OCH3 is 1. The minimum atomic E-state index is -0.436. The van der Waals surface area contributed by atoms with Crippen molar-refractivity contribution in [1.29, 1.82) is 0 Å². The van der Waals surface area contributed by atoms with Crippen LogP contribution in [0, 0.1) is 13.8 Å². The Morgan fingerprint density at radius 2 is 2.08 bits per heavy atom. The molecule has 1 aromatic rings. The van der Waals surface area contributed by atoms with E-state index in [0.29, 0.717) is 0 Å². The van der Waals surface area contributed by atoms with Crippen molar-refractivity contribution >= 4 is 11.8 Å². The molecule has 1 aromatic carbocycles. The maximum Gasteiger partial charge on any atom is 0.411 e. The summed E-state index contributed by atoms with van der Waals surface area (Å²) in [6.45, 7) is 3.91. The van der Waals surface area contributed by atoms with Crippen molar-refractivity contribution in [2.75, 3.05) is 12.4 Å². The smallest absolute Gasteiger partial charge is 0.411 e. The second-order valence-corrected chi connectivity index (χ2v) is 2.93. The van der Waals surface area contributed by atoms with Crippen LogP contribution < -0.4 is 5.32 Å². The zero-order chi connectivity index (χ0) is 9.84. The van der Waals surface area contributed by atoms with E-state index in [4.69, 9.17) is 0 Å². The molecule has 0 spiro atoms. The molecule has 0 atom stereocenters. The van der Waals surface area contributed by atoms with Gasteiger partial charge in [-0.1, -0.05) is 12.1 Å². The fourth-order valence-electron chi connectivity index (χ4n) is 1.03. The molecule has 0 unspecified atom stereocenters. The number of anilines is 1. The summed E-state index contributed by atoms with van der Waals surface area (Å²) < 4.78 is 4.50. The molecule has 0 fully saturated rings. The maximum absolute atomic E-state index is 10.9. The van der Waals surface area contributed by atoms with Gasteiger partial charge in [-0.15, -0.1) is 0 Å². The lowest BCUT2D eigenvalue weighted by Gasteiger charge is -2.07. The third kappa shape index (κ3) is 2.47. The molecule has 3 heteroatoms. The first kappa shape index (κ1) is 9.58. The normalized spacial score (nSPS) is 9.46. The van der Waals surface area contributed by atoms with Gasteiger partial charge in [0.25, 0.3) is 0 Å². The zero-order valence-corrected chi connectivity index (χ0v) is 8.05. The molecule has 3 nitrogen and oxygen atoms in total. The van der Waals surface area contributed by atoms with E-state index in [1.165, 1.54) is 7.11 Å². The number of hydrogen-bond donors (Lipinski definition) is 1. The fourth-order valence-corrected chi connectivity index (χ4v) is 1.03. The molecular weight excluding hydrogens is 166 g/mol. The van der Waals surface area contributed by atoms with Gasteiger partial charge in [0, 0.05) is 5.69 Å². The Morgan fingerprint density at radius 1 is 1.38 bits per heavy atom. The molecule has 0 radical (unpaired) electrons. The van der Waals surface area contributed by atoms with Crippen molar-refractivity contribution in [2.45, 2.75) is 13.8 Å². The van der Waals surface area contributed by atoms with Gasteiger partial charge in [-0.25, -0.2) is 4.79 Å². The number of benzene rings is 1. The highest BCUT2D eigenvalue weighted by molar-refractivity contribution is 5.85. The van der Waals surface area contributed by atoms with Gasteiger partial charge in [0.2, 0.25) is 0 Å². The van der Waals surface area contributed by atoms with Crippen LogP contribution in [0.25, 0.3) is 0 Å². The molecule has 1 rings (SSSR count). The number of hydrogen-bond acceptors (Lipinski definition) is 2. The van der Waals surface area contributed by atoms with Crippen LogP contribution in [0.2, 0.25) is 0 Å². The van der Waals surface area contributed by atoms with Gasteiger partial charge < -0.3 is 4.74 Å². The Bertz CT molecular complexity index is 321. The Balaban J connectivity index is 2.87. The van der Waals surface area contributed by atoms with Crippen LogP contribution in [0.3, 0.4) is 0 Å². The molecule has 0 aromatic heterocycles. The topological polar surface area (TPSA) is 38.3 Å². The van der Waals surface area contributed by atoms with E-state index in [9.17, 15) is 4.79 Å². The maximum atomic E-state index is 10.9. The van der Waals surface area contributed by atoms with Crippen molar-refractivity contribution in [3.05, 3.63) is 29.3 Å². The molecule has 0 saturated heterocycles. The summed E-state index contributed by atoms with van der Waals surface area (Å²) in [6.07, 6.45) is -0.436. The van der Waals surface area contributed by atoms with E-state index in [0.717, 1.165) is 16.8 Å². The molecular formula is C10H13NO2. The molecule has 0 aliphatic heterocycles. The van der Waals surface area contributed by atoms with Gasteiger partial charge in [0.1, 0.15) is 0 Å². The second kappa shape index (κ2) is 3.94. The molecule has 0 aliphatic rings. The van der Waals surface area contributed by atoms with E-state index < -0.39 is 6.09 Å². The van der Waals surface area contributed by atoms with E-state index >= 15 is 0 Å². The van der Waals surface area contributed by atoms with Gasteiger partial charge in [0.15, 0.2) is 0 Å². The van der Waals surface area contributed by atoms with Crippen LogP contribution in [0.15, 0.2) is 18.2 Å². The largest absolute Gasteiger partial charge is 0.453 e. The molecule has 0 aliphatic carbocycles. The zero-order valence-electron chi connectivity index (χ0n) is 8.05. The van der Waals surface area contributed by atoms with Crippen LogP contribution in [-0.4, -0.2) is 13.2 Å². The Kier molecular flexibility index (Phi) is 2.90. The predicted octanol–water partition coefficient (Wildman–Crippen LogP) is 2.48. The predicted molar refractivity (Wildman–Crippen MR) is 51.9 cm³/mol. The van der Waals surface area contributed by atoms with E-state index in [1.54, 1.807) is 0 Å². The van der Waals surface area contributed by atoms with Crippen LogP contribution >= 0.6 is 0 Å². The van der Waals surface area contributed by atoms with Crippen LogP contribution in [0.5, 0.6) is 0 Å². The van der Waals surface area contributed by atoms with Crippen LogP contribution in [0.1, 0.15) is 11.1 Å². The van der Waals surface area contributed by atoms with Crippen LogP contribution in [-0.2, 0) is 4.74 Å². The van der Waals surface area contributed by atoms with Gasteiger partial charge in [-0.3, -0.25) is 5.32 Å². The highest BCUT2D eigenvalue weighted by atomic mass is 16.5. The first-order valence-electron chi connectivity index (χ1n) is 4.05. The number of carbonyl (C=O) groups excluding carboxylic acids is 1. The standard InChI is InChI=1S/C10H13NO2/c1-7-4-5-8(2)9(6-7)11-10(12)13-3/h4-6H,1-3H3,(H,11,12). The summed E-state index contributed by atoms with van der Waals surface area (Å²) in [6, 6.07) is 5.87. The summed E-state index contributed by atoms with van der Waals surface area (Å²) in [5.74, 6) is 0. The Labute approximate surface area is 77.7 Å². The first-order chi connectivity index (χ1) is 6.13. The van der Waals surface area contributed by atoms with Gasteiger partial charge in [-0.05, 0) is 31.0 Å². The van der Waals surface area contributed by atoms with Gasteiger partial charge in [0.05, 0.1) is 7.11 Å². The molecule has 0 heterocycles. The summed E-state index contributed by atoms with van der Waals surface area (Å²) in [5, 5.41) is 2.64. The number of aryl methyl sites for hydroxylation is 2. The summed E-state index contributed by atoms with van der Waals surface area (Å²) in [7, 11) is 1.35. The van der Waals surface area contributed by atoms with Gasteiger partial charge >= 0.3 is 6.09 Å². The third-order valence-corrected chi connectivity index (χ3v) is 1.82. The van der Waals surface area contributed by atoms with E-state index in [2.05, 4.69) is 10.1 Å². The Morgan fingerprint density at radius 3 is 2.69 bits per heavy atom. The average molecular weight is 179 g/mol. The quantitative estimate of drug-likeness (QED) is 0.719. The molecule has 0 saturated carbocycles. The van der Waals surface area contributed by atoms with Crippen molar-refractivity contribution in [3.63, 3.8) is 0 Å². The highest BCUT2D eigenvalue weighted by Crippen LogP contribution is 2.16. The second-order valence-electron chi connectivity index (χ2n) is 2.93. The summed E-state index contributed by atoms with van der Waals surface area (Å²) in [5.41, 5.74) is 2.93. The van der Waals surface area contributed by atoms with Crippen LogP contribution in [0.4, 0.5) is 10.5 Å². The molecule has 70 valence electrons. The Hall–Kier alpha value is -1.51. The lowest BCUT2D eigenvalue weighted by atomic mass is 10.1. The SMILES string of the molecule is COC(=O)Nc1cc(C)ccc1C. The number of carbonyl (C=O) groups is 1. The van der Waals surface area contributed by atoms with E-state index in [-0.39, 0.29) is 0 Å². The average Bonchev–Trinajstić information content (AvgIpc) is 2.11. The van der Waals surface area contributed by atoms with Crippen molar-refractivity contribution in [2.24, 2.45) is 0 Å². The first-order valence-corrected chi connectivity index (χ1v) is 4.05. The number of amides is 1. The fraction of sp³-hybridized carbons (Fsp3) is 0.300. The van der Waals surface area contributed by atoms with Crippen molar-refractivity contribution in [3.8, 4) is 0 Å². The minimum Gasteiger partial charge on any atom is -0.453 e. The monoisotopic (exact) mass is 179 g/mol. The molecule has 0 bridgehead atoms. The van der Waals surface area contributed by atoms with Crippen molar-refractivity contribution < 1.29 is 9.53 Å². The van der Waals surface area contributed by atoms with Crippen molar-refractivity contribution in [1.82, 2.24) is 0 Å². The van der Waals surface area contributed by atoms with E-state index in [1.807, 2.05) is 32.0 Å². The number of ether oxygens (including phenoxy) is 1. The highest BCUT2D eigenvalue weighted by Gasteiger charge is 2.02.